The molecule has 8 heteroatoms. The van der Waals surface area contributed by atoms with Crippen LogP contribution in [0.2, 0.25) is 5.02 Å². The average molecular weight is 526 g/mol. The number of urea groups is 1. The van der Waals surface area contributed by atoms with Crippen molar-refractivity contribution in [2.45, 2.75) is 13.5 Å². The topological polar surface area (TPSA) is 75.7 Å². The van der Waals surface area contributed by atoms with Crippen molar-refractivity contribution in [3.8, 4) is 5.75 Å². The van der Waals surface area contributed by atoms with E-state index >= 15 is 0 Å². The van der Waals surface area contributed by atoms with Crippen LogP contribution < -0.4 is 15.0 Å². The molecule has 0 saturated carbocycles. The van der Waals surface area contributed by atoms with Crippen molar-refractivity contribution in [2.75, 3.05) is 4.90 Å². The van der Waals surface area contributed by atoms with Crippen LogP contribution in [0, 0.1) is 6.92 Å². The van der Waals surface area contributed by atoms with Gasteiger partial charge in [0.25, 0.3) is 11.8 Å². The minimum atomic E-state index is -0.780. The maximum atomic E-state index is 13.0. The molecule has 33 heavy (non-hydrogen) atoms. The van der Waals surface area contributed by atoms with Gasteiger partial charge in [0.2, 0.25) is 0 Å². The number of rotatable bonds is 5. The summed E-state index contributed by atoms with van der Waals surface area (Å²) in [6, 6.07) is 18.6. The van der Waals surface area contributed by atoms with Gasteiger partial charge in [-0.1, -0.05) is 47.5 Å². The monoisotopic (exact) mass is 524 g/mol. The van der Waals surface area contributed by atoms with Gasteiger partial charge in [0.15, 0.2) is 0 Å². The molecule has 0 radical (unpaired) electrons. The number of amides is 4. The smallest absolute Gasteiger partial charge is 0.335 e. The van der Waals surface area contributed by atoms with Gasteiger partial charge in [0, 0.05) is 5.02 Å². The largest absolute Gasteiger partial charge is 0.488 e. The Morgan fingerprint density at radius 1 is 1.00 bits per heavy atom. The molecular formula is C25H18BrClN2O4. The number of benzene rings is 3. The first kappa shape index (κ1) is 22.8. The van der Waals surface area contributed by atoms with Crippen LogP contribution in [0.25, 0.3) is 6.08 Å². The van der Waals surface area contributed by atoms with Crippen LogP contribution in [-0.4, -0.2) is 17.8 Å². The average Bonchev–Trinajstić information content (AvgIpc) is 2.78. The normalized spacial score (nSPS) is 15.1. The Labute approximate surface area is 203 Å². The third-order valence-corrected chi connectivity index (χ3v) is 5.84. The molecule has 0 aliphatic carbocycles. The molecule has 0 unspecified atom stereocenters. The molecule has 1 saturated heterocycles. The number of nitrogens with zero attached hydrogens (tertiary/aromatic N) is 1. The standard InChI is InChI=1S/C25H18BrClN2O4/c1-15-2-9-19(10-3-15)29-24(31)20(23(30)28-25(29)32)12-17-6-11-22(21(26)13-17)33-14-16-4-7-18(27)8-5-16/h2-13H,14H2,1H3,(H,28,30,32)/b20-12+. The van der Waals surface area contributed by atoms with E-state index in [0.29, 0.717) is 33.1 Å². The van der Waals surface area contributed by atoms with Crippen LogP contribution in [0.1, 0.15) is 16.7 Å². The van der Waals surface area contributed by atoms with Crippen LogP contribution in [0.5, 0.6) is 5.75 Å². The Hall–Kier alpha value is -3.42. The van der Waals surface area contributed by atoms with Crippen LogP contribution in [0.15, 0.2) is 76.8 Å². The number of anilines is 1. The van der Waals surface area contributed by atoms with Crippen molar-refractivity contribution >= 4 is 57.1 Å². The number of halogens is 2. The van der Waals surface area contributed by atoms with E-state index in [-0.39, 0.29) is 5.57 Å². The molecule has 0 aromatic heterocycles. The molecule has 1 fully saturated rings. The Balaban J connectivity index is 1.55. The van der Waals surface area contributed by atoms with E-state index in [2.05, 4.69) is 21.2 Å². The highest BCUT2D eigenvalue weighted by Gasteiger charge is 2.36. The number of hydrogen-bond acceptors (Lipinski definition) is 4. The van der Waals surface area contributed by atoms with Gasteiger partial charge in [-0.2, -0.15) is 0 Å². The summed E-state index contributed by atoms with van der Waals surface area (Å²) in [5, 5.41) is 2.88. The number of ether oxygens (including phenoxy) is 1. The Morgan fingerprint density at radius 3 is 2.36 bits per heavy atom. The molecule has 1 aliphatic rings. The van der Waals surface area contributed by atoms with Crippen molar-refractivity contribution in [1.29, 1.82) is 0 Å². The van der Waals surface area contributed by atoms with Crippen LogP contribution in [0.3, 0.4) is 0 Å². The maximum Gasteiger partial charge on any atom is 0.335 e. The highest BCUT2D eigenvalue weighted by atomic mass is 79.9. The van der Waals surface area contributed by atoms with E-state index in [0.717, 1.165) is 16.0 Å². The summed E-state index contributed by atoms with van der Waals surface area (Å²) in [5.41, 5.74) is 2.78. The summed E-state index contributed by atoms with van der Waals surface area (Å²) in [4.78, 5) is 38.7. The molecule has 0 atom stereocenters. The van der Waals surface area contributed by atoms with Crippen molar-refractivity contribution in [2.24, 2.45) is 0 Å². The molecule has 166 valence electrons. The van der Waals surface area contributed by atoms with E-state index in [9.17, 15) is 14.4 Å². The molecular weight excluding hydrogens is 508 g/mol. The lowest BCUT2D eigenvalue weighted by Crippen LogP contribution is -2.54. The molecule has 0 spiro atoms. The van der Waals surface area contributed by atoms with E-state index in [1.807, 2.05) is 19.1 Å². The summed E-state index contributed by atoms with van der Waals surface area (Å²) >= 11 is 9.37. The van der Waals surface area contributed by atoms with Crippen molar-refractivity contribution < 1.29 is 19.1 Å². The molecule has 1 aliphatic heterocycles. The van der Waals surface area contributed by atoms with Gasteiger partial charge in [-0.3, -0.25) is 14.9 Å². The minimum Gasteiger partial charge on any atom is -0.488 e. The number of aryl methyl sites for hydroxylation is 1. The molecule has 4 rings (SSSR count). The van der Waals surface area contributed by atoms with Gasteiger partial charge in [0.1, 0.15) is 17.9 Å². The predicted octanol–water partition coefficient (Wildman–Crippen LogP) is 5.66. The lowest BCUT2D eigenvalue weighted by molar-refractivity contribution is -0.122. The number of barbiturate groups is 1. The summed E-state index contributed by atoms with van der Waals surface area (Å²) in [7, 11) is 0. The zero-order chi connectivity index (χ0) is 23.5. The van der Waals surface area contributed by atoms with Gasteiger partial charge in [-0.25, -0.2) is 9.69 Å². The van der Waals surface area contributed by atoms with Crippen molar-refractivity contribution in [3.05, 3.63) is 98.5 Å². The summed E-state index contributed by atoms with van der Waals surface area (Å²) in [6.07, 6.45) is 1.44. The zero-order valence-electron chi connectivity index (χ0n) is 17.5. The Kier molecular flexibility index (Phi) is 6.62. The number of nitrogens with one attached hydrogen (secondary N) is 1. The fourth-order valence-electron chi connectivity index (χ4n) is 3.22. The first-order valence-corrected chi connectivity index (χ1v) is 11.1. The third-order valence-electron chi connectivity index (χ3n) is 4.97. The molecule has 1 heterocycles. The SMILES string of the molecule is Cc1ccc(N2C(=O)NC(=O)/C(=C\c3ccc(OCc4ccc(Cl)cc4)c(Br)c3)C2=O)cc1. The van der Waals surface area contributed by atoms with Crippen molar-refractivity contribution in [3.63, 3.8) is 0 Å². The van der Waals surface area contributed by atoms with E-state index in [1.54, 1.807) is 54.6 Å². The van der Waals surface area contributed by atoms with E-state index in [4.69, 9.17) is 16.3 Å². The zero-order valence-corrected chi connectivity index (χ0v) is 19.8. The highest BCUT2D eigenvalue weighted by molar-refractivity contribution is 9.10. The van der Waals surface area contributed by atoms with Crippen LogP contribution in [0.4, 0.5) is 10.5 Å². The van der Waals surface area contributed by atoms with Gasteiger partial charge >= 0.3 is 6.03 Å². The van der Waals surface area contributed by atoms with Crippen LogP contribution in [-0.2, 0) is 16.2 Å². The van der Waals surface area contributed by atoms with E-state index in [1.165, 1.54) is 6.08 Å². The van der Waals surface area contributed by atoms with Crippen molar-refractivity contribution in [1.82, 2.24) is 5.32 Å². The molecule has 6 nitrogen and oxygen atoms in total. The third kappa shape index (κ3) is 5.16. The lowest BCUT2D eigenvalue weighted by Gasteiger charge is -2.26. The van der Waals surface area contributed by atoms with Gasteiger partial charge < -0.3 is 4.74 Å². The molecule has 0 bridgehead atoms. The summed E-state index contributed by atoms with van der Waals surface area (Å²) < 4.78 is 6.49. The molecule has 3 aromatic carbocycles. The first-order chi connectivity index (χ1) is 15.8. The number of hydrogen-bond donors (Lipinski definition) is 1. The number of carbonyl (C=O) groups excluding carboxylic acids is 3. The van der Waals surface area contributed by atoms with Gasteiger partial charge in [-0.05, 0) is 76.5 Å². The molecule has 4 amide bonds. The van der Waals surface area contributed by atoms with Gasteiger partial charge in [0.05, 0.1) is 10.2 Å². The van der Waals surface area contributed by atoms with Gasteiger partial charge in [-0.15, -0.1) is 0 Å². The Bertz CT molecular complexity index is 1270. The second kappa shape index (κ2) is 9.60. The molecule has 3 aromatic rings. The number of carbonyl (C=O) groups is 3. The Morgan fingerprint density at radius 2 is 1.70 bits per heavy atom. The quantitative estimate of drug-likeness (QED) is 0.345. The fourth-order valence-corrected chi connectivity index (χ4v) is 3.86. The number of imide groups is 2. The highest BCUT2D eigenvalue weighted by Crippen LogP contribution is 2.29. The van der Waals surface area contributed by atoms with Crippen LogP contribution >= 0.6 is 27.5 Å². The summed E-state index contributed by atoms with van der Waals surface area (Å²) in [5.74, 6) is -0.831. The van der Waals surface area contributed by atoms with E-state index < -0.39 is 17.8 Å². The summed E-state index contributed by atoms with van der Waals surface area (Å²) in [6.45, 7) is 2.25. The maximum absolute atomic E-state index is 13.0. The first-order valence-electron chi connectivity index (χ1n) is 9.97. The molecule has 1 N–H and O–H groups in total. The minimum absolute atomic E-state index is 0.142. The second-order valence-corrected chi connectivity index (χ2v) is 8.69. The predicted molar refractivity (Wildman–Crippen MR) is 130 cm³/mol. The lowest BCUT2D eigenvalue weighted by atomic mass is 10.1. The fraction of sp³-hybridized carbons (Fsp3) is 0.0800. The second-order valence-electron chi connectivity index (χ2n) is 7.40.